The van der Waals surface area contributed by atoms with Crippen molar-refractivity contribution in [3.05, 3.63) is 0 Å². The minimum Gasteiger partial charge on any atom is -0.367 e. The van der Waals surface area contributed by atoms with Gasteiger partial charge in [-0.15, -0.1) is 0 Å². The lowest BCUT2D eigenvalue weighted by Crippen LogP contribution is -2.66. The number of hydrogen-bond donors (Lipinski definition) is 1. The predicted molar refractivity (Wildman–Crippen MR) is 80.3 cm³/mol. The minimum atomic E-state index is -0.906. The van der Waals surface area contributed by atoms with Crippen molar-refractivity contribution in [3.8, 4) is 0 Å². The van der Waals surface area contributed by atoms with E-state index in [0.717, 1.165) is 23.0 Å². The largest absolute Gasteiger partial charge is 0.367 e. The number of Topliss-reactive ketones (excluding diaryl/α,β-unsaturated/α-hetero) is 1. The number of ketones is 1. The van der Waals surface area contributed by atoms with Gasteiger partial charge in [-0.25, -0.2) is 0 Å². The van der Waals surface area contributed by atoms with Gasteiger partial charge in [0.1, 0.15) is 5.78 Å². The van der Waals surface area contributed by atoms with Gasteiger partial charge in [0.2, 0.25) is 0 Å². The highest BCUT2D eigenvalue weighted by Crippen LogP contribution is 2.52. The van der Waals surface area contributed by atoms with Crippen LogP contribution in [-0.4, -0.2) is 65.3 Å². The molecule has 3 unspecified atom stereocenters. The molecule has 0 saturated carbocycles. The Morgan fingerprint density at radius 3 is 2.62 bits per heavy atom. The van der Waals surface area contributed by atoms with Gasteiger partial charge in [-0.3, -0.25) is 4.79 Å². The molecule has 0 aliphatic carbocycles. The maximum absolute atomic E-state index is 12.3. The molecule has 5 nitrogen and oxygen atoms in total. The number of carbonyl (C=O) groups excluding carboxylic acids is 1. The second-order valence-corrected chi connectivity index (χ2v) is 8.28. The molecule has 2 bridgehead atoms. The van der Waals surface area contributed by atoms with E-state index in [1.165, 1.54) is 0 Å². The third-order valence-corrected chi connectivity index (χ3v) is 7.28. The third kappa shape index (κ3) is 2.28. The average Bonchev–Trinajstić information content (AvgIpc) is 2.93. The molecule has 4 aliphatic heterocycles. The van der Waals surface area contributed by atoms with Crippen LogP contribution in [0.4, 0.5) is 0 Å². The van der Waals surface area contributed by atoms with Crippen LogP contribution in [0.2, 0.25) is 0 Å². The van der Waals surface area contributed by atoms with E-state index in [1.807, 2.05) is 0 Å². The van der Waals surface area contributed by atoms with Crippen LogP contribution in [0.15, 0.2) is 0 Å². The molecule has 4 fully saturated rings. The molecule has 4 rings (SSSR count). The first-order chi connectivity index (χ1) is 10.2. The number of rotatable bonds is 1. The number of aliphatic hydroxyl groups excluding tert-OH is 1. The standard InChI is InChI=1S/C14H20O5S2/c15-11-1-4-20-5-8(11)12-9-6-21-7-10(13(16)19-12)14(9)17-2-3-18-14/h8-10,12-13,16H,1-7H2/t8?,9-,10?,12-,13?/m1/s1. The quantitative estimate of drug-likeness (QED) is 0.760. The van der Waals surface area contributed by atoms with Crippen molar-refractivity contribution in [1.82, 2.24) is 0 Å². The van der Waals surface area contributed by atoms with Crippen LogP contribution < -0.4 is 0 Å². The second kappa shape index (κ2) is 5.69. The molecule has 4 aliphatic rings. The van der Waals surface area contributed by atoms with Crippen LogP contribution in [0.1, 0.15) is 6.42 Å². The SMILES string of the molecule is O=C1CCSCC1[C@H]1OC(O)C2CSC[C@H]1C21OCCO1. The lowest BCUT2D eigenvalue weighted by atomic mass is 9.76. The molecule has 0 aromatic carbocycles. The van der Waals surface area contributed by atoms with Gasteiger partial charge in [0, 0.05) is 35.4 Å². The summed E-state index contributed by atoms with van der Waals surface area (Å²) in [5.41, 5.74) is 0. The summed E-state index contributed by atoms with van der Waals surface area (Å²) in [5.74, 6) is 2.55. The molecule has 0 amide bonds. The highest BCUT2D eigenvalue weighted by atomic mass is 32.2. The Bertz CT molecular complexity index is 426. The molecular weight excluding hydrogens is 312 g/mol. The van der Waals surface area contributed by atoms with Crippen molar-refractivity contribution in [1.29, 1.82) is 0 Å². The number of thioether (sulfide) groups is 2. The number of hydrogen-bond acceptors (Lipinski definition) is 7. The molecule has 1 N–H and O–H groups in total. The topological polar surface area (TPSA) is 65.0 Å². The maximum Gasteiger partial charge on any atom is 0.182 e. The van der Waals surface area contributed by atoms with E-state index in [2.05, 4.69) is 0 Å². The van der Waals surface area contributed by atoms with Crippen LogP contribution in [0.3, 0.4) is 0 Å². The maximum atomic E-state index is 12.3. The summed E-state index contributed by atoms with van der Waals surface area (Å²) in [4.78, 5) is 12.3. The van der Waals surface area contributed by atoms with Crippen molar-refractivity contribution in [2.45, 2.75) is 24.6 Å². The Labute approximate surface area is 132 Å². The Balaban J connectivity index is 1.66. The summed E-state index contributed by atoms with van der Waals surface area (Å²) in [5, 5.41) is 10.4. The molecule has 5 atom stereocenters. The number of aliphatic hydroxyl groups is 1. The zero-order valence-electron chi connectivity index (χ0n) is 11.7. The molecule has 0 radical (unpaired) electrons. The van der Waals surface area contributed by atoms with Gasteiger partial charge in [-0.05, 0) is 0 Å². The zero-order chi connectivity index (χ0) is 14.4. The summed E-state index contributed by atoms with van der Waals surface area (Å²) < 4.78 is 17.9. The van der Waals surface area contributed by atoms with Crippen LogP contribution in [0, 0.1) is 17.8 Å². The molecule has 21 heavy (non-hydrogen) atoms. The van der Waals surface area contributed by atoms with Crippen molar-refractivity contribution in [2.75, 3.05) is 36.2 Å². The summed E-state index contributed by atoms with van der Waals surface area (Å²) in [6.45, 7) is 1.12. The molecular formula is C14H20O5S2. The summed E-state index contributed by atoms with van der Waals surface area (Å²) in [7, 11) is 0. The molecule has 7 heteroatoms. The van der Waals surface area contributed by atoms with Gasteiger partial charge in [0.25, 0.3) is 0 Å². The van der Waals surface area contributed by atoms with Gasteiger partial charge in [-0.2, -0.15) is 23.5 Å². The lowest BCUT2D eigenvalue weighted by Gasteiger charge is -2.54. The van der Waals surface area contributed by atoms with Gasteiger partial charge in [0.15, 0.2) is 12.1 Å². The summed E-state index contributed by atoms with van der Waals surface area (Å²) in [6.07, 6.45) is -0.595. The molecule has 0 aromatic heterocycles. The van der Waals surface area contributed by atoms with Gasteiger partial charge in [-0.1, -0.05) is 0 Å². The van der Waals surface area contributed by atoms with Crippen LogP contribution in [0.25, 0.3) is 0 Å². The van der Waals surface area contributed by atoms with E-state index in [9.17, 15) is 9.90 Å². The average molecular weight is 332 g/mol. The van der Waals surface area contributed by atoms with E-state index in [-0.39, 0.29) is 29.6 Å². The highest BCUT2D eigenvalue weighted by molar-refractivity contribution is 7.99. The van der Waals surface area contributed by atoms with Crippen molar-refractivity contribution in [2.24, 2.45) is 17.8 Å². The van der Waals surface area contributed by atoms with Gasteiger partial charge < -0.3 is 19.3 Å². The molecule has 1 spiro atoms. The number of carbonyl (C=O) groups is 1. The Morgan fingerprint density at radius 1 is 1.10 bits per heavy atom. The molecule has 0 aromatic rings. The summed E-state index contributed by atoms with van der Waals surface area (Å²) >= 11 is 3.60. The minimum absolute atomic E-state index is 0.0276. The predicted octanol–water partition coefficient (Wildman–Crippen LogP) is 0.748. The Morgan fingerprint density at radius 2 is 1.86 bits per heavy atom. The van der Waals surface area contributed by atoms with Crippen LogP contribution in [-0.2, 0) is 19.0 Å². The summed E-state index contributed by atoms with van der Waals surface area (Å²) in [6, 6.07) is 0. The van der Waals surface area contributed by atoms with E-state index < -0.39 is 12.1 Å². The molecule has 4 saturated heterocycles. The first-order valence-corrected chi connectivity index (χ1v) is 9.83. The van der Waals surface area contributed by atoms with E-state index in [1.54, 1.807) is 23.5 Å². The van der Waals surface area contributed by atoms with Gasteiger partial charge >= 0.3 is 0 Å². The lowest BCUT2D eigenvalue weighted by molar-refractivity contribution is -0.346. The fourth-order valence-corrected chi connectivity index (χ4v) is 6.58. The first-order valence-electron chi connectivity index (χ1n) is 7.52. The van der Waals surface area contributed by atoms with E-state index in [4.69, 9.17) is 14.2 Å². The van der Waals surface area contributed by atoms with Crippen molar-refractivity contribution in [3.63, 3.8) is 0 Å². The monoisotopic (exact) mass is 332 g/mol. The van der Waals surface area contributed by atoms with Crippen LogP contribution in [0.5, 0.6) is 0 Å². The van der Waals surface area contributed by atoms with E-state index in [0.29, 0.717) is 19.6 Å². The van der Waals surface area contributed by atoms with Gasteiger partial charge in [0.05, 0.1) is 31.2 Å². The van der Waals surface area contributed by atoms with Crippen LogP contribution >= 0.6 is 23.5 Å². The fraction of sp³-hybridized carbons (Fsp3) is 0.929. The third-order valence-electron chi connectivity index (χ3n) is 5.00. The van der Waals surface area contributed by atoms with Crippen molar-refractivity contribution >= 4 is 29.3 Å². The fourth-order valence-electron chi connectivity index (χ4n) is 3.97. The Hall–Kier alpha value is 0.210. The Kier molecular flexibility index (Phi) is 4.00. The van der Waals surface area contributed by atoms with E-state index >= 15 is 0 Å². The molecule has 118 valence electrons. The normalized spacial score (nSPS) is 46.0. The first kappa shape index (κ1) is 14.8. The second-order valence-electron chi connectivity index (χ2n) is 6.06. The highest BCUT2D eigenvalue weighted by Gasteiger charge is 2.63. The smallest absolute Gasteiger partial charge is 0.182 e. The zero-order valence-corrected chi connectivity index (χ0v) is 13.4. The molecule has 4 heterocycles. The number of ether oxygens (including phenoxy) is 3. The van der Waals surface area contributed by atoms with Crippen molar-refractivity contribution < 1.29 is 24.1 Å².